The molecule has 9 heteroatoms. The Labute approximate surface area is 151 Å². The van der Waals surface area contributed by atoms with E-state index in [1.165, 1.54) is 4.68 Å². The Kier molecular flexibility index (Phi) is 4.36. The molecular formula is C17H21N7O2. The molecule has 0 radical (unpaired) electrons. The van der Waals surface area contributed by atoms with Crippen LogP contribution in [0, 0.1) is 12.8 Å². The van der Waals surface area contributed by atoms with Gasteiger partial charge in [0, 0.05) is 38.1 Å². The lowest BCUT2D eigenvalue weighted by Crippen LogP contribution is -2.49. The van der Waals surface area contributed by atoms with Crippen molar-refractivity contribution in [1.82, 2.24) is 35.0 Å². The van der Waals surface area contributed by atoms with Gasteiger partial charge in [-0.15, -0.1) is 5.10 Å². The highest BCUT2D eigenvalue weighted by Crippen LogP contribution is 2.29. The summed E-state index contributed by atoms with van der Waals surface area (Å²) >= 11 is 0. The van der Waals surface area contributed by atoms with Gasteiger partial charge in [0.2, 0.25) is 5.91 Å². The van der Waals surface area contributed by atoms with E-state index in [0.29, 0.717) is 36.9 Å². The Morgan fingerprint density at radius 2 is 2.12 bits per heavy atom. The number of aromatic nitrogens is 5. The van der Waals surface area contributed by atoms with Gasteiger partial charge in [0.1, 0.15) is 12.4 Å². The summed E-state index contributed by atoms with van der Waals surface area (Å²) in [6, 6.07) is 3.59. The summed E-state index contributed by atoms with van der Waals surface area (Å²) in [5.41, 5.74) is 0.594. The summed E-state index contributed by atoms with van der Waals surface area (Å²) in [5.74, 6) is 0.909. The van der Waals surface area contributed by atoms with Crippen molar-refractivity contribution in [2.75, 3.05) is 19.6 Å². The summed E-state index contributed by atoms with van der Waals surface area (Å²) in [6.07, 6.45) is 5.21. The molecule has 0 unspecified atom stereocenters. The van der Waals surface area contributed by atoms with Gasteiger partial charge in [0.05, 0.1) is 5.56 Å². The van der Waals surface area contributed by atoms with E-state index in [1.807, 2.05) is 9.80 Å². The maximum absolute atomic E-state index is 12.8. The number of rotatable bonds is 3. The summed E-state index contributed by atoms with van der Waals surface area (Å²) in [6.45, 7) is 3.83. The number of hydrogen-bond donors (Lipinski definition) is 0. The van der Waals surface area contributed by atoms with Crippen molar-refractivity contribution >= 4 is 11.8 Å². The highest BCUT2D eigenvalue weighted by atomic mass is 16.2. The van der Waals surface area contributed by atoms with E-state index in [1.54, 1.807) is 31.5 Å². The quantitative estimate of drug-likeness (QED) is 0.777. The monoisotopic (exact) mass is 355 g/mol. The van der Waals surface area contributed by atoms with Crippen LogP contribution >= 0.6 is 0 Å². The molecule has 0 spiro atoms. The SMILES string of the molecule is Cc1nnnn1CC(=O)N1C[C@H]2CC[C@@H]1CN(C(=O)c1cccnc1)C2. The van der Waals surface area contributed by atoms with Crippen LogP contribution in [0.2, 0.25) is 0 Å². The lowest BCUT2D eigenvalue weighted by Gasteiger charge is -2.36. The van der Waals surface area contributed by atoms with Gasteiger partial charge in [-0.1, -0.05) is 0 Å². The fraction of sp³-hybridized carbons (Fsp3) is 0.529. The predicted octanol–water partition coefficient (Wildman–Crippen LogP) is 0.140. The van der Waals surface area contributed by atoms with Crippen LogP contribution in [0.3, 0.4) is 0 Å². The number of pyridine rings is 1. The lowest BCUT2D eigenvalue weighted by atomic mass is 9.95. The average molecular weight is 355 g/mol. The highest BCUT2D eigenvalue weighted by Gasteiger charge is 2.38. The second-order valence-corrected chi connectivity index (χ2v) is 6.98. The van der Waals surface area contributed by atoms with Gasteiger partial charge in [-0.05, 0) is 48.2 Å². The number of nitrogens with zero attached hydrogens (tertiary/aromatic N) is 7. The fourth-order valence-corrected chi connectivity index (χ4v) is 3.84. The van der Waals surface area contributed by atoms with E-state index < -0.39 is 0 Å². The van der Waals surface area contributed by atoms with E-state index in [-0.39, 0.29) is 24.4 Å². The Morgan fingerprint density at radius 1 is 1.23 bits per heavy atom. The van der Waals surface area contributed by atoms with Crippen LogP contribution < -0.4 is 0 Å². The first-order valence-electron chi connectivity index (χ1n) is 8.83. The van der Waals surface area contributed by atoms with Crippen LogP contribution in [-0.2, 0) is 11.3 Å². The Morgan fingerprint density at radius 3 is 2.85 bits per heavy atom. The summed E-state index contributed by atoms with van der Waals surface area (Å²) < 4.78 is 1.51. The minimum atomic E-state index is -0.0133. The smallest absolute Gasteiger partial charge is 0.255 e. The third-order valence-corrected chi connectivity index (χ3v) is 5.23. The minimum Gasteiger partial charge on any atom is -0.336 e. The molecule has 3 fully saturated rings. The number of amides is 2. The van der Waals surface area contributed by atoms with Crippen molar-refractivity contribution in [3.05, 3.63) is 35.9 Å². The Hall–Kier alpha value is -2.84. The predicted molar refractivity (Wildman–Crippen MR) is 90.9 cm³/mol. The van der Waals surface area contributed by atoms with Gasteiger partial charge in [-0.3, -0.25) is 14.6 Å². The molecule has 2 amide bonds. The van der Waals surface area contributed by atoms with Gasteiger partial charge in [0.15, 0.2) is 0 Å². The number of aryl methyl sites for hydroxylation is 1. The molecule has 9 nitrogen and oxygen atoms in total. The van der Waals surface area contributed by atoms with E-state index in [4.69, 9.17) is 0 Å². The first-order chi connectivity index (χ1) is 12.6. The van der Waals surface area contributed by atoms with Crippen LogP contribution in [0.25, 0.3) is 0 Å². The van der Waals surface area contributed by atoms with E-state index in [9.17, 15) is 9.59 Å². The third kappa shape index (κ3) is 3.16. The minimum absolute atomic E-state index is 0.00535. The normalized spacial score (nSPS) is 22.3. The number of hydrogen-bond acceptors (Lipinski definition) is 6. The molecule has 3 saturated heterocycles. The van der Waals surface area contributed by atoms with Gasteiger partial charge < -0.3 is 9.80 Å². The first-order valence-corrected chi connectivity index (χ1v) is 8.83. The molecule has 0 saturated carbocycles. The molecule has 3 aliphatic heterocycles. The number of piperidine rings is 1. The van der Waals surface area contributed by atoms with Crippen LogP contribution in [0.5, 0.6) is 0 Å². The molecule has 136 valence electrons. The zero-order chi connectivity index (χ0) is 18.1. The maximum Gasteiger partial charge on any atom is 0.255 e. The second-order valence-electron chi connectivity index (χ2n) is 6.98. The van der Waals surface area contributed by atoms with Crippen LogP contribution in [0.15, 0.2) is 24.5 Å². The molecule has 0 aliphatic carbocycles. The molecule has 2 aromatic heterocycles. The highest BCUT2D eigenvalue weighted by molar-refractivity contribution is 5.94. The number of carbonyl (C=O) groups excluding carboxylic acids is 2. The van der Waals surface area contributed by atoms with Gasteiger partial charge in [-0.2, -0.15) is 0 Å². The second kappa shape index (κ2) is 6.81. The van der Waals surface area contributed by atoms with Crippen LogP contribution in [0.4, 0.5) is 0 Å². The van der Waals surface area contributed by atoms with Gasteiger partial charge in [0.25, 0.3) is 5.91 Å². The average Bonchev–Trinajstić information content (AvgIpc) is 2.87. The zero-order valence-electron chi connectivity index (χ0n) is 14.7. The van der Waals surface area contributed by atoms with Crippen LogP contribution in [-0.4, -0.2) is 72.5 Å². The molecule has 5 rings (SSSR count). The first kappa shape index (κ1) is 16.6. The molecule has 2 atom stereocenters. The number of tetrazole rings is 1. The van der Waals surface area contributed by atoms with E-state index in [2.05, 4.69) is 20.5 Å². The van der Waals surface area contributed by atoms with E-state index in [0.717, 1.165) is 12.8 Å². The molecule has 26 heavy (non-hydrogen) atoms. The topological polar surface area (TPSA) is 97.1 Å². The largest absolute Gasteiger partial charge is 0.336 e. The van der Waals surface area contributed by atoms with E-state index >= 15 is 0 Å². The van der Waals surface area contributed by atoms with Crippen molar-refractivity contribution in [2.45, 2.75) is 32.4 Å². The maximum atomic E-state index is 12.8. The molecule has 0 N–H and O–H groups in total. The molecule has 5 heterocycles. The number of carbonyl (C=O) groups is 2. The van der Waals surface area contributed by atoms with Gasteiger partial charge >= 0.3 is 0 Å². The van der Waals surface area contributed by atoms with Crippen molar-refractivity contribution in [3.63, 3.8) is 0 Å². The van der Waals surface area contributed by atoms with Crippen molar-refractivity contribution in [2.24, 2.45) is 5.92 Å². The van der Waals surface area contributed by atoms with Gasteiger partial charge in [-0.25, -0.2) is 4.68 Å². The Balaban J connectivity index is 1.49. The Bertz CT molecular complexity index is 806. The third-order valence-electron chi connectivity index (χ3n) is 5.23. The zero-order valence-corrected chi connectivity index (χ0v) is 14.7. The summed E-state index contributed by atoms with van der Waals surface area (Å²) in [7, 11) is 0. The van der Waals surface area contributed by atoms with Crippen molar-refractivity contribution < 1.29 is 9.59 Å². The number of fused-ring (bicyclic) bond motifs is 4. The lowest BCUT2D eigenvalue weighted by molar-refractivity contribution is -0.136. The standard InChI is InChI=1S/C17H21N7O2/c1-12-19-20-21-24(12)11-16(25)23-9-13-4-5-15(23)10-22(8-13)17(26)14-3-2-6-18-7-14/h2-3,6-7,13,15H,4-5,8-11H2,1H3/t13-,15+/m0/s1. The van der Waals surface area contributed by atoms with Crippen molar-refractivity contribution in [3.8, 4) is 0 Å². The molecule has 2 aromatic rings. The summed E-state index contributed by atoms with van der Waals surface area (Å²) in [4.78, 5) is 33.4. The molecule has 2 bridgehead atoms. The molecule has 0 aromatic carbocycles. The fourth-order valence-electron chi connectivity index (χ4n) is 3.84. The van der Waals surface area contributed by atoms with Crippen molar-refractivity contribution in [1.29, 1.82) is 0 Å². The molecular weight excluding hydrogens is 334 g/mol. The summed E-state index contributed by atoms with van der Waals surface area (Å²) in [5, 5.41) is 11.3. The van der Waals surface area contributed by atoms with Crippen LogP contribution in [0.1, 0.15) is 29.0 Å². The molecule has 3 aliphatic rings.